The van der Waals surface area contributed by atoms with Crippen LogP contribution in [0.1, 0.15) is 33.6 Å². The number of Topliss-reactive ketones (excluding diaryl/α,β-unsaturated/α-hetero) is 1. The van der Waals surface area contributed by atoms with Crippen LogP contribution in [-0.4, -0.2) is 16.5 Å². The molecule has 0 radical (unpaired) electrons. The van der Waals surface area contributed by atoms with E-state index >= 15 is 0 Å². The fraction of sp³-hybridized carbons (Fsp3) is 0.529. The zero-order valence-electron chi connectivity index (χ0n) is 12.9. The summed E-state index contributed by atoms with van der Waals surface area (Å²) in [5.41, 5.74) is -1.15. The molecule has 118 valence electrons. The molecule has 2 fully saturated rings. The monoisotopic (exact) mass is 367 g/mol. The van der Waals surface area contributed by atoms with E-state index in [1.54, 1.807) is 0 Å². The molecule has 2 aliphatic carbocycles. The molecule has 5 heteroatoms. The maximum Gasteiger partial charge on any atom is 0.232 e. The Hall–Kier alpha value is -1.23. The predicted molar refractivity (Wildman–Crippen MR) is 86.3 cm³/mol. The van der Waals surface area contributed by atoms with Crippen LogP contribution in [0.4, 0.5) is 10.1 Å². The van der Waals surface area contributed by atoms with Gasteiger partial charge in [-0.05, 0) is 42.5 Å². The van der Waals surface area contributed by atoms with Gasteiger partial charge < -0.3 is 5.32 Å². The van der Waals surface area contributed by atoms with Gasteiger partial charge >= 0.3 is 0 Å². The number of benzene rings is 1. The summed E-state index contributed by atoms with van der Waals surface area (Å²) in [6.45, 7) is 5.97. The van der Waals surface area contributed by atoms with Crippen molar-refractivity contribution in [2.45, 2.75) is 38.4 Å². The van der Waals surface area contributed by atoms with Crippen LogP contribution in [-0.2, 0) is 9.59 Å². The second kappa shape index (κ2) is 4.63. The van der Waals surface area contributed by atoms with Crippen LogP contribution in [0.5, 0.6) is 0 Å². The zero-order valence-corrected chi connectivity index (χ0v) is 14.5. The minimum absolute atomic E-state index is 0.109. The number of carbonyl (C=O) groups is 2. The number of ketones is 1. The van der Waals surface area contributed by atoms with Crippen LogP contribution in [0.25, 0.3) is 0 Å². The summed E-state index contributed by atoms with van der Waals surface area (Å²) in [5, 5.41) is 2.87. The summed E-state index contributed by atoms with van der Waals surface area (Å²) < 4.78 is 13.0. The molecular weight excluding hydrogens is 349 g/mol. The van der Waals surface area contributed by atoms with Gasteiger partial charge in [0.25, 0.3) is 0 Å². The first-order chi connectivity index (χ1) is 10.2. The molecule has 0 saturated heterocycles. The topological polar surface area (TPSA) is 46.2 Å². The Balaban J connectivity index is 1.97. The number of rotatable bonds is 2. The number of anilines is 1. The van der Waals surface area contributed by atoms with Crippen LogP contribution in [0.15, 0.2) is 24.3 Å². The number of hydrogen-bond acceptors (Lipinski definition) is 2. The third-order valence-electron chi connectivity index (χ3n) is 6.23. The zero-order chi connectivity index (χ0) is 16.3. The Kier molecular flexibility index (Phi) is 3.30. The highest BCUT2D eigenvalue weighted by molar-refractivity contribution is 9.10. The Bertz CT molecular complexity index is 657. The molecule has 1 amide bonds. The van der Waals surface area contributed by atoms with Crippen LogP contribution in [0.3, 0.4) is 0 Å². The summed E-state index contributed by atoms with van der Waals surface area (Å²) in [4.78, 5) is 25.2. The predicted octanol–water partition coefficient (Wildman–Crippen LogP) is 3.92. The summed E-state index contributed by atoms with van der Waals surface area (Å²) in [6, 6.07) is 5.68. The van der Waals surface area contributed by atoms with Crippen molar-refractivity contribution in [1.29, 1.82) is 0 Å². The van der Waals surface area contributed by atoms with Gasteiger partial charge in [0.1, 0.15) is 5.82 Å². The largest absolute Gasteiger partial charge is 0.326 e. The molecule has 22 heavy (non-hydrogen) atoms. The van der Waals surface area contributed by atoms with Crippen LogP contribution >= 0.6 is 15.9 Å². The fourth-order valence-electron chi connectivity index (χ4n) is 4.23. The summed E-state index contributed by atoms with van der Waals surface area (Å²) in [7, 11) is 0. The van der Waals surface area contributed by atoms with E-state index in [-0.39, 0.29) is 17.5 Å². The van der Waals surface area contributed by atoms with Gasteiger partial charge in [-0.2, -0.15) is 0 Å². The number of amides is 1. The van der Waals surface area contributed by atoms with Crippen molar-refractivity contribution < 1.29 is 14.0 Å². The second-order valence-electron chi connectivity index (χ2n) is 7.12. The molecule has 2 saturated carbocycles. The van der Waals surface area contributed by atoms with E-state index in [2.05, 4.69) is 21.2 Å². The molecule has 0 aromatic heterocycles. The Morgan fingerprint density at radius 2 is 1.82 bits per heavy atom. The SMILES string of the molecule is CC12CCC(C(=O)Nc3ccc(F)cc3)(C(Br)C1=O)C2(C)C. The van der Waals surface area contributed by atoms with Crippen molar-refractivity contribution in [3.63, 3.8) is 0 Å². The maximum atomic E-state index is 13.0. The maximum absolute atomic E-state index is 13.0. The Labute approximate surface area is 137 Å². The van der Waals surface area contributed by atoms with Gasteiger partial charge in [0, 0.05) is 11.1 Å². The van der Waals surface area contributed by atoms with Gasteiger partial charge in [-0.1, -0.05) is 36.7 Å². The van der Waals surface area contributed by atoms with E-state index in [9.17, 15) is 14.0 Å². The van der Waals surface area contributed by atoms with Gasteiger partial charge in [0.15, 0.2) is 5.78 Å². The third-order valence-corrected chi connectivity index (χ3v) is 7.43. The summed E-state index contributed by atoms with van der Waals surface area (Å²) in [5.74, 6) is -0.405. The van der Waals surface area contributed by atoms with Crippen molar-refractivity contribution in [2.24, 2.45) is 16.2 Å². The van der Waals surface area contributed by atoms with Gasteiger partial charge in [-0.25, -0.2) is 4.39 Å². The van der Waals surface area contributed by atoms with E-state index in [0.717, 1.165) is 6.42 Å². The van der Waals surface area contributed by atoms with E-state index < -0.39 is 21.1 Å². The molecule has 0 aliphatic heterocycles. The van der Waals surface area contributed by atoms with Crippen molar-refractivity contribution >= 4 is 33.3 Å². The molecule has 2 bridgehead atoms. The highest BCUT2D eigenvalue weighted by Crippen LogP contribution is 2.72. The minimum atomic E-state index is -0.771. The summed E-state index contributed by atoms with van der Waals surface area (Å²) in [6.07, 6.45) is 1.39. The lowest BCUT2D eigenvalue weighted by atomic mass is 9.64. The molecule has 1 aromatic carbocycles. The molecule has 2 aliphatic rings. The quantitative estimate of drug-likeness (QED) is 0.805. The first-order valence-electron chi connectivity index (χ1n) is 7.42. The van der Waals surface area contributed by atoms with Crippen molar-refractivity contribution in [3.8, 4) is 0 Å². The standard InChI is InChI=1S/C17H19BrFNO2/c1-15(2)16(3)8-9-17(15,12(18)13(16)21)14(22)20-11-6-4-10(19)5-7-11/h4-7,12H,8-9H2,1-3H3,(H,20,22). The highest BCUT2D eigenvalue weighted by atomic mass is 79.9. The van der Waals surface area contributed by atoms with Gasteiger partial charge in [0.05, 0.1) is 10.2 Å². The molecule has 0 heterocycles. The number of hydrogen-bond donors (Lipinski definition) is 1. The normalized spacial score (nSPS) is 35.7. The molecule has 1 N–H and O–H groups in total. The van der Waals surface area contributed by atoms with Gasteiger partial charge in [-0.3, -0.25) is 9.59 Å². The molecule has 0 spiro atoms. The Morgan fingerprint density at radius 1 is 1.23 bits per heavy atom. The van der Waals surface area contributed by atoms with Gasteiger partial charge in [0.2, 0.25) is 5.91 Å². The lowest BCUT2D eigenvalue weighted by Crippen LogP contribution is -2.47. The fourth-order valence-corrected chi connectivity index (χ4v) is 5.75. The smallest absolute Gasteiger partial charge is 0.232 e. The first kappa shape index (κ1) is 15.7. The number of alkyl halides is 1. The highest BCUT2D eigenvalue weighted by Gasteiger charge is 2.76. The average Bonchev–Trinajstić information content (AvgIpc) is 2.74. The molecule has 3 atom stereocenters. The molecule has 1 aromatic rings. The number of fused-ring (bicyclic) bond motifs is 2. The minimum Gasteiger partial charge on any atom is -0.326 e. The van der Waals surface area contributed by atoms with Crippen molar-refractivity contribution in [2.75, 3.05) is 5.32 Å². The lowest BCUT2D eigenvalue weighted by molar-refractivity contribution is -0.130. The van der Waals surface area contributed by atoms with Crippen molar-refractivity contribution in [1.82, 2.24) is 0 Å². The number of nitrogens with one attached hydrogen (secondary N) is 1. The Morgan fingerprint density at radius 3 is 2.32 bits per heavy atom. The molecular formula is C17H19BrFNO2. The number of halogens is 2. The van der Waals surface area contributed by atoms with E-state index in [4.69, 9.17) is 0 Å². The van der Waals surface area contributed by atoms with Gasteiger partial charge in [-0.15, -0.1) is 0 Å². The summed E-state index contributed by atoms with van der Waals surface area (Å²) >= 11 is 3.48. The van der Waals surface area contributed by atoms with E-state index in [1.807, 2.05) is 20.8 Å². The molecule has 3 rings (SSSR count). The second-order valence-corrected chi connectivity index (χ2v) is 8.03. The van der Waals surface area contributed by atoms with Crippen LogP contribution < -0.4 is 5.32 Å². The molecule has 3 nitrogen and oxygen atoms in total. The lowest BCUT2D eigenvalue weighted by Gasteiger charge is -2.39. The van der Waals surface area contributed by atoms with E-state index in [1.165, 1.54) is 24.3 Å². The third kappa shape index (κ3) is 1.66. The number of carbonyl (C=O) groups excluding carboxylic acids is 2. The van der Waals surface area contributed by atoms with Crippen LogP contribution in [0, 0.1) is 22.1 Å². The first-order valence-corrected chi connectivity index (χ1v) is 8.34. The average molecular weight is 368 g/mol. The molecule has 3 unspecified atom stereocenters. The van der Waals surface area contributed by atoms with Crippen LogP contribution in [0.2, 0.25) is 0 Å². The van der Waals surface area contributed by atoms with Crippen molar-refractivity contribution in [3.05, 3.63) is 30.1 Å². The van der Waals surface area contributed by atoms with E-state index in [0.29, 0.717) is 12.1 Å².